The Bertz CT molecular complexity index is 105. The quantitative estimate of drug-likeness (QED) is 0.547. The molecule has 0 bridgehead atoms. The number of carbonyl (C=O) groups excluding carboxylic acids is 1. The molecule has 0 amide bonds. The minimum absolute atomic E-state index is 0. The summed E-state index contributed by atoms with van der Waals surface area (Å²) in [7, 11) is 0. The number of Topliss-reactive ketones (excluding diaryl/α,β-unsaturated/α-hetero) is 1. The van der Waals surface area contributed by atoms with Gasteiger partial charge in [0.15, 0.2) is 0 Å². The Kier molecular flexibility index (Phi) is 3.82. The summed E-state index contributed by atoms with van der Waals surface area (Å²) in [6, 6.07) is 0. The van der Waals surface area contributed by atoms with Crippen LogP contribution in [0.2, 0.25) is 0 Å². The number of piperidine rings is 1. The second kappa shape index (κ2) is 3.85. The van der Waals surface area contributed by atoms with Crippen LogP contribution in [0.5, 0.6) is 0 Å². The second-order valence-corrected chi connectivity index (χ2v) is 2.33. The molecule has 0 aliphatic carbocycles. The molecule has 2 nitrogen and oxygen atoms in total. The zero-order chi connectivity index (χ0) is 5.98. The second-order valence-electron chi connectivity index (χ2n) is 2.33. The fraction of sp³-hybridized carbons (Fsp3) is 0.833. The highest BCUT2D eigenvalue weighted by Crippen LogP contribution is 2.04. The average molecular weight is 150 g/mol. The molecule has 1 N–H and O–H groups in total. The van der Waals surface area contributed by atoms with Crippen LogP contribution in [0, 0.1) is 5.92 Å². The molecule has 1 aliphatic rings. The summed E-state index contributed by atoms with van der Waals surface area (Å²) < 4.78 is 0. The van der Waals surface area contributed by atoms with Crippen molar-refractivity contribution in [2.24, 2.45) is 5.92 Å². The molecule has 1 heterocycles. The number of rotatable bonds is 0. The van der Waals surface area contributed by atoms with Gasteiger partial charge in [-0.3, -0.25) is 4.79 Å². The van der Waals surface area contributed by atoms with Gasteiger partial charge in [0.1, 0.15) is 5.78 Å². The number of hydrogen-bond acceptors (Lipinski definition) is 2. The van der Waals surface area contributed by atoms with Crippen LogP contribution in [-0.4, -0.2) is 18.9 Å². The standard InChI is InChI=1S/C6H11NO.ClH/c1-5-2-3-7-4-6(5)8;/h5,7H,2-4H2,1H3;1H. The summed E-state index contributed by atoms with van der Waals surface area (Å²) in [6.45, 7) is 3.58. The first-order valence-electron chi connectivity index (χ1n) is 3.04. The van der Waals surface area contributed by atoms with Gasteiger partial charge >= 0.3 is 0 Å². The van der Waals surface area contributed by atoms with Gasteiger partial charge in [-0.2, -0.15) is 0 Å². The van der Waals surface area contributed by atoms with E-state index in [0.717, 1.165) is 13.0 Å². The molecule has 54 valence electrons. The van der Waals surface area contributed by atoms with Crippen molar-refractivity contribution in [1.82, 2.24) is 5.32 Å². The van der Waals surface area contributed by atoms with E-state index in [-0.39, 0.29) is 12.4 Å². The van der Waals surface area contributed by atoms with Gasteiger partial charge in [-0.25, -0.2) is 0 Å². The third kappa shape index (κ3) is 2.33. The van der Waals surface area contributed by atoms with E-state index in [1.165, 1.54) is 0 Å². The fourth-order valence-corrected chi connectivity index (χ4v) is 0.865. The molecule has 0 spiro atoms. The Morgan fingerprint density at radius 3 is 2.67 bits per heavy atom. The molecule has 1 unspecified atom stereocenters. The lowest BCUT2D eigenvalue weighted by Gasteiger charge is -2.16. The molecule has 0 aromatic carbocycles. The highest BCUT2D eigenvalue weighted by atomic mass is 35.5. The van der Waals surface area contributed by atoms with E-state index in [1.807, 2.05) is 6.92 Å². The van der Waals surface area contributed by atoms with E-state index in [9.17, 15) is 4.79 Å². The molecular weight excluding hydrogens is 138 g/mol. The lowest BCUT2D eigenvalue weighted by molar-refractivity contribution is -0.122. The summed E-state index contributed by atoms with van der Waals surface area (Å²) in [4.78, 5) is 10.7. The molecule has 0 radical (unpaired) electrons. The molecule has 1 fully saturated rings. The molecular formula is C6H12ClNO. The monoisotopic (exact) mass is 149 g/mol. The van der Waals surface area contributed by atoms with E-state index in [0.29, 0.717) is 18.2 Å². The van der Waals surface area contributed by atoms with Gasteiger partial charge in [-0.15, -0.1) is 12.4 Å². The van der Waals surface area contributed by atoms with E-state index in [2.05, 4.69) is 5.32 Å². The average Bonchev–Trinajstić information content (AvgIpc) is 1.77. The topological polar surface area (TPSA) is 29.1 Å². The maximum Gasteiger partial charge on any atom is 0.149 e. The molecule has 3 heteroatoms. The van der Waals surface area contributed by atoms with Crippen LogP contribution in [0.15, 0.2) is 0 Å². The Morgan fingerprint density at radius 1 is 1.67 bits per heavy atom. The number of carbonyl (C=O) groups is 1. The third-order valence-electron chi connectivity index (χ3n) is 1.60. The molecule has 1 saturated heterocycles. The summed E-state index contributed by atoms with van der Waals surface area (Å²) in [5, 5.41) is 3.02. The van der Waals surface area contributed by atoms with Gasteiger partial charge in [0, 0.05) is 5.92 Å². The lowest BCUT2D eigenvalue weighted by Crippen LogP contribution is -2.35. The van der Waals surface area contributed by atoms with Crippen molar-refractivity contribution in [1.29, 1.82) is 0 Å². The lowest BCUT2D eigenvalue weighted by atomic mass is 10.00. The van der Waals surface area contributed by atoms with Crippen LogP contribution in [0.25, 0.3) is 0 Å². The number of halogens is 1. The highest BCUT2D eigenvalue weighted by molar-refractivity contribution is 5.85. The van der Waals surface area contributed by atoms with Crippen molar-refractivity contribution in [3.63, 3.8) is 0 Å². The van der Waals surface area contributed by atoms with Gasteiger partial charge in [0.05, 0.1) is 6.54 Å². The van der Waals surface area contributed by atoms with Crippen molar-refractivity contribution in [2.45, 2.75) is 13.3 Å². The summed E-state index contributed by atoms with van der Waals surface area (Å²) in [6.07, 6.45) is 1.01. The molecule has 0 aromatic heterocycles. The van der Waals surface area contributed by atoms with Crippen molar-refractivity contribution in [3.8, 4) is 0 Å². The minimum Gasteiger partial charge on any atom is -0.310 e. The summed E-state index contributed by atoms with van der Waals surface area (Å²) in [5.74, 6) is 0.660. The van der Waals surface area contributed by atoms with E-state index in [4.69, 9.17) is 0 Å². The van der Waals surface area contributed by atoms with Crippen LogP contribution < -0.4 is 5.32 Å². The number of ketones is 1. The van der Waals surface area contributed by atoms with Gasteiger partial charge < -0.3 is 5.32 Å². The first-order valence-corrected chi connectivity index (χ1v) is 3.04. The van der Waals surface area contributed by atoms with Crippen molar-refractivity contribution >= 4 is 18.2 Å². The van der Waals surface area contributed by atoms with Crippen LogP contribution in [-0.2, 0) is 4.79 Å². The molecule has 1 aliphatic heterocycles. The highest BCUT2D eigenvalue weighted by Gasteiger charge is 2.15. The van der Waals surface area contributed by atoms with Crippen LogP contribution in [0.1, 0.15) is 13.3 Å². The Labute approximate surface area is 61.4 Å². The van der Waals surface area contributed by atoms with Gasteiger partial charge in [0.2, 0.25) is 0 Å². The Morgan fingerprint density at radius 2 is 2.33 bits per heavy atom. The Balaban J connectivity index is 0.000000640. The predicted molar refractivity (Wildman–Crippen MR) is 38.9 cm³/mol. The third-order valence-corrected chi connectivity index (χ3v) is 1.60. The molecule has 1 rings (SSSR count). The van der Waals surface area contributed by atoms with E-state index >= 15 is 0 Å². The number of hydrogen-bond donors (Lipinski definition) is 1. The van der Waals surface area contributed by atoms with Gasteiger partial charge in [-0.05, 0) is 13.0 Å². The van der Waals surface area contributed by atoms with E-state index in [1.54, 1.807) is 0 Å². The maximum atomic E-state index is 10.7. The SMILES string of the molecule is CC1CCNCC1=O.Cl. The van der Waals surface area contributed by atoms with Crippen molar-refractivity contribution in [2.75, 3.05) is 13.1 Å². The largest absolute Gasteiger partial charge is 0.310 e. The zero-order valence-corrected chi connectivity index (χ0v) is 6.33. The fourth-order valence-electron chi connectivity index (χ4n) is 0.865. The molecule has 0 saturated carbocycles. The van der Waals surface area contributed by atoms with E-state index < -0.39 is 0 Å². The summed E-state index contributed by atoms with van der Waals surface area (Å²) in [5.41, 5.74) is 0. The van der Waals surface area contributed by atoms with Crippen molar-refractivity contribution < 1.29 is 4.79 Å². The zero-order valence-electron chi connectivity index (χ0n) is 5.52. The first-order chi connectivity index (χ1) is 3.80. The minimum atomic E-state index is 0. The van der Waals surface area contributed by atoms with Crippen molar-refractivity contribution in [3.05, 3.63) is 0 Å². The normalized spacial score (nSPS) is 27.2. The molecule has 1 atom stereocenters. The Hall–Kier alpha value is -0.0800. The van der Waals surface area contributed by atoms with Gasteiger partial charge in [0.25, 0.3) is 0 Å². The van der Waals surface area contributed by atoms with Crippen LogP contribution in [0.4, 0.5) is 0 Å². The predicted octanol–water partition coefficient (Wildman–Crippen LogP) is 0.607. The number of nitrogens with one attached hydrogen (secondary N) is 1. The van der Waals surface area contributed by atoms with Gasteiger partial charge in [-0.1, -0.05) is 6.92 Å². The summed E-state index contributed by atoms with van der Waals surface area (Å²) >= 11 is 0. The van der Waals surface area contributed by atoms with Crippen LogP contribution >= 0.6 is 12.4 Å². The smallest absolute Gasteiger partial charge is 0.149 e. The molecule has 9 heavy (non-hydrogen) atoms. The van der Waals surface area contributed by atoms with Crippen LogP contribution in [0.3, 0.4) is 0 Å². The maximum absolute atomic E-state index is 10.7. The molecule has 0 aromatic rings. The first kappa shape index (κ1) is 8.92.